The van der Waals surface area contributed by atoms with E-state index in [0.717, 1.165) is 11.4 Å². The Balaban J connectivity index is 2.05. The van der Waals surface area contributed by atoms with Gasteiger partial charge < -0.3 is 24.8 Å². The molecule has 1 unspecified atom stereocenters. The van der Waals surface area contributed by atoms with Crippen LogP contribution in [-0.4, -0.2) is 37.0 Å². The van der Waals surface area contributed by atoms with Gasteiger partial charge in [-0.3, -0.25) is 4.79 Å². The van der Waals surface area contributed by atoms with Gasteiger partial charge in [-0.15, -0.1) is 0 Å². The zero-order valence-corrected chi connectivity index (χ0v) is 10.7. The van der Waals surface area contributed by atoms with Crippen LogP contribution in [0.1, 0.15) is 13.3 Å². The number of aliphatic hydroxyl groups excluding tert-OH is 1. The number of aliphatic hydroxyl groups is 1. The average Bonchev–Trinajstić information content (AvgIpc) is 2.87. The lowest BCUT2D eigenvalue weighted by molar-refractivity contribution is -0.119. The van der Waals surface area contributed by atoms with Crippen LogP contribution in [-0.2, 0) is 4.79 Å². The van der Waals surface area contributed by atoms with Crippen LogP contribution in [0.15, 0.2) is 12.1 Å². The first-order valence-corrected chi connectivity index (χ1v) is 6.37. The molecule has 1 amide bonds. The highest BCUT2D eigenvalue weighted by Crippen LogP contribution is 2.43. The summed E-state index contributed by atoms with van der Waals surface area (Å²) in [5.41, 5.74) is 1.57. The number of nitrogens with one attached hydrogen (secondary N) is 1. The number of benzene rings is 1. The summed E-state index contributed by atoms with van der Waals surface area (Å²) in [5.74, 6) is 1.29. The van der Waals surface area contributed by atoms with Gasteiger partial charge in [0.15, 0.2) is 11.5 Å². The molecule has 0 bridgehead atoms. The molecule has 2 heterocycles. The van der Waals surface area contributed by atoms with Crippen LogP contribution in [0.25, 0.3) is 0 Å². The minimum Gasteiger partial charge on any atom is -0.454 e. The van der Waals surface area contributed by atoms with Gasteiger partial charge in [-0.05, 0) is 6.42 Å². The van der Waals surface area contributed by atoms with Gasteiger partial charge >= 0.3 is 0 Å². The highest BCUT2D eigenvalue weighted by molar-refractivity contribution is 6.05. The predicted molar refractivity (Wildman–Crippen MR) is 69.7 cm³/mol. The summed E-state index contributed by atoms with van der Waals surface area (Å²) in [7, 11) is 0. The fourth-order valence-corrected chi connectivity index (χ4v) is 2.43. The molecule has 0 aromatic heterocycles. The summed E-state index contributed by atoms with van der Waals surface area (Å²) in [6.07, 6.45) is 0.689. The molecule has 2 N–H and O–H groups in total. The molecule has 2 aliphatic heterocycles. The number of rotatable bonds is 3. The highest BCUT2D eigenvalue weighted by atomic mass is 16.7. The van der Waals surface area contributed by atoms with E-state index < -0.39 is 0 Å². The van der Waals surface area contributed by atoms with Crippen LogP contribution in [0.3, 0.4) is 0 Å². The Morgan fingerprint density at radius 1 is 1.42 bits per heavy atom. The van der Waals surface area contributed by atoms with Gasteiger partial charge in [0.05, 0.1) is 18.0 Å². The Morgan fingerprint density at radius 3 is 2.84 bits per heavy atom. The number of carbonyl (C=O) groups excluding carboxylic acids is 1. The van der Waals surface area contributed by atoms with Crippen molar-refractivity contribution in [1.82, 2.24) is 0 Å². The monoisotopic (exact) mass is 264 g/mol. The van der Waals surface area contributed by atoms with Crippen molar-refractivity contribution in [2.75, 3.05) is 30.2 Å². The molecule has 0 saturated heterocycles. The van der Waals surface area contributed by atoms with Crippen LogP contribution in [0, 0.1) is 0 Å². The van der Waals surface area contributed by atoms with Crippen LogP contribution < -0.4 is 19.7 Å². The lowest BCUT2D eigenvalue weighted by Crippen LogP contribution is -2.48. The SMILES string of the molecule is CCC1Nc2cc3c(cc2N(CCO)C1=O)OCO3. The zero-order chi connectivity index (χ0) is 13.4. The van der Waals surface area contributed by atoms with Crippen molar-refractivity contribution < 1.29 is 19.4 Å². The second kappa shape index (κ2) is 4.62. The van der Waals surface area contributed by atoms with Gasteiger partial charge in [-0.1, -0.05) is 6.92 Å². The van der Waals surface area contributed by atoms with E-state index >= 15 is 0 Å². The molecule has 0 saturated carbocycles. The van der Waals surface area contributed by atoms with Crippen molar-refractivity contribution in [3.8, 4) is 11.5 Å². The molecular formula is C13H16N2O4. The van der Waals surface area contributed by atoms with Crippen LogP contribution >= 0.6 is 0 Å². The Kier molecular flexibility index (Phi) is 2.94. The molecule has 1 atom stereocenters. The maximum Gasteiger partial charge on any atom is 0.249 e. The number of fused-ring (bicyclic) bond motifs is 2. The minimum atomic E-state index is -0.264. The first-order valence-electron chi connectivity index (χ1n) is 6.37. The molecule has 19 heavy (non-hydrogen) atoms. The fourth-order valence-electron chi connectivity index (χ4n) is 2.43. The van der Waals surface area contributed by atoms with Gasteiger partial charge in [0.25, 0.3) is 0 Å². The second-order valence-corrected chi connectivity index (χ2v) is 4.54. The van der Waals surface area contributed by atoms with E-state index in [0.29, 0.717) is 17.9 Å². The van der Waals surface area contributed by atoms with E-state index in [-0.39, 0.29) is 31.9 Å². The number of amides is 1. The molecule has 0 fully saturated rings. The number of hydrogen-bond donors (Lipinski definition) is 2. The lowest BCUT2D eigenvalue weighted by atomic mass is 10.1. The molecule has 6 heteroatoms. The van der Waals surface area contributed by atoms with Gasteiger partial charge in [0, 0.05) is 18.7 Å². The largest absolute Gasteiger partial charge is 0.454 e. The maximum absolute atomic E-state index is 12.3. The topological polar surface area (TPSA) is 71.0 Å². The van der Waals surface area contributed by atoms with Gasteiger partial charge in [0.2, 0.25) is 12.7 Å². The lowest BCUT2D eigenvalue weighted by Gasteiger charge is -2.34. The van der Waals surface area contributed by atoms with E-state index in [1.807, 2.05) is 13.0 Å². The molecule has 0 radical (unpaired) electrons. The van der Waals surface area contributed by atoms with Crippen molar-refractivity contribution in [3.63, 3.8) is 0 Å². The van der Waals surface area contributed by atoms with Crippen LogP contribution in [0.5, 0.6) is 11.5 Å². The smallest absolute Gasteiger partial charge is 0.249 e. The number of hydrogen-bond acceptors (Lipinski definition) is 5. The van der Waals surface area contributed by atoms with E-state index in [9.17, 15) is 4.79 Å². The van der Waals surface area contributed by atoms with Crippen molar-refractivity contribution >= 4 is 17.3 Å². The standard InChI is InChI=1S/C13H16N2O4/c1-2-8-13(17)15(3-4-16)10-6-12-11(18-7-19-12)5-9(10)14-8/h5-6,8,14,16H,2-4,7H2,1H3. The molecular weight excluding hydrogens is 248 g/mol. The number of nitrogens with zero attached hydrogens (tertiary/aromatic N) is 1. The number of β-amino-alcohol motifs (C(OH)–C–C–N with tert-alkyl or cyclic N) is 1. The summed E-state index contributed by atoms with van der Waals surface area (Å²) in [5, 5.41) is 12.4. The number of carbonyl (C=O) groups is 1. The van der Waals surface area contributed by atoms with Crippen molar-refractivity contribution in [1.29, 1.82) is 0 Å². The molecule has 0 spiro atoms. The molecule has 1 aromatic carbocycles. The molecule has 6 nitrogen and oxygen atoms in total. The van der Waals surface area contributed by atoms with Crippen LogP contribution in [0.2, 0.25) is 0 Å². The Hall–Kier alpha value is -1.95. The summed E-state index contributed by atoms with van der Waals surface area (Å²) < 4.78 is 10.7. The van der Waals surface area contributed by atoms with Crippen LogP contribution in [0.4, 0.5) is 11.4 Å². The molecule has 102 valence electrons. The van der Waals surface area contributed by atoms with Gasteiger partial charge in [-0.2, -0.15) is 0 Å². The summed E-state index contributed by atoms with van der Waals surface area (Å²) in [6.45, 7) is 2.35. The van der Waals surface area contributed by atoms with E-state index in [1.165, 1.54) is 0 Å². The first-order chi connectivity index (χ1) is 9.24. The molecule has 3 rings (SSSR count). The highest BCUT2D eigenvalue weighted by Gasteiger charge is 2.33. The molecule has 2 aliphatic rings. The third-order valence-corrected chi connectivity index (χ3v) is 3.41. The zero-order valence-electron chi connectivity index (χ0n) is 10.7. The third-order valence-electron chi connectivity index (χ3n) is 3.41. The van der Waals surface area contributed by atoms with Gasteiger partial charge in [0.1, 0.15) is 6.04 Å². The van der Waals surface area contributed by atoms with Crippen molar-refractivity contribution in [3.05, 3.63) is 12.1 Å². The van der Waals surface area contributed by atoms with Crippen molar-refractivity contribution in [2.24, 2.45) is 0 Å². The normalized spacial score (nSPS) is 20.2. The second-order valence-electron chi connectivity index (χ2n) is 4.54. The predicted octanol–water partition coefficient (Wildman–Crippen LogP) is 0.945. The summed E-state index contributed by atoms with van der Waals surface area (Å²) >= 11 is 0. The van der Waals surface area contributed by atoms with E-state index in [2.05, 4.69) is 5.32 Å². The minimum absolute atomic E-state index is 0.0251. The summed E-state index contributed by atoms with van der Waals surface area (Å²) in [4.78, 5) is 13.9. The van der Waals surface area contributed by atoms with Crippen molar-refractivity contribution in [2.45, 2.75) is 19.4 Å². The number of ether oxygens (including phenoxy) is 2. The Bertz CT molecular complexity index is 518. The van der Waals surface area contributed by atoms with E-state index in [1.54, 1.807) is 11.0 Å². The third kappa shape index (κ3) is 1.88. The Morgan fingerprint density at radius 2 is 2.16 bits per heavy atom. The molecule has 1 aromatic rings. The maximum atomic E-state index is 12.3. The quantitative estimate of drug-likeness (QED) is 0.850. The number of anilines is 2. The van der Waals surface area contributed by atoms with E-state index in [4.69, 9.17) is 14.6 Å². The fraction of sp³-hybridized carbons (Fsp3) is 0.462. The molecule has 0 aliphatic carbocycles. The Labute approximate surface area is 110 Å². The average molecular weight is 264 g/mol. The van der Waals surface area contributed by atoms with Gasteiger partial charge in [-0.25, -0.2) is 0 Å². The summed E-state index contributed by atoms with van der Waals surface area (Å²) in [6, 6.07) is 3.36. The first kappa shape index (κ1) is 12.1.